The third-order valence-electron chi connectivity index (χ3n) is 1.96. The van der Waals surface area contributed by atoms with E-state index in [2.05, 4.69) is 9.89 Å². The van der Waals surface area contributed by atoms with Crippen LogP contribution < -0.4 is 0 Å². The molecule has 4 nitrogen and oxygen atoms in total. The summed E-state index contributed by atoms with van der Waals surface area (Å²) in [6.07, 6.45) is 1.73. The van der Waals surface area contributed by atoms with Crippen LogP contribution in [0.1, 0.15) is 19.3 Å². The van der Waals surface area contributed by atoms with Gasteiger partial charge in [-0.2, -0.15) is 0 Å². The van der Waals surface area contributed by atoms with E-state index in [-0.39, 0.29) is 6.42 Å². The molecule has 0 aromatic carbocycles. The van der Waals surface area contributed by atoms with Crippen LogP contribution in [0.4, 0.5) is 0 Å². The Balaban J connectivity index is 2.19. The van der Waals surface area contributed by atoms with E-state index in [4.69, 9.17) is 5.11 Å². The number of hydrogen-bond acceptors (Lipinski definition) is 3. The molecule has 1 rings (SSSR count). The van der Waals surface area contributed by atoms with Crippen molar-refractivity contribution in [3.63, 3.8) is 0 Å². The Bertz CT molecular complexity index is 201. The largest absolute Gasteiger partial charge is 0.481 e. The minimum absolute atomic E-state index is 0.243. The first-order valence-electron chi connectivity index (χ1n) is 4.16. The van der Waals surface area contributed by atoms with Gasteiger partial charge in [0.25, 0.3) is 0 Å². The number of amidine groups is 1. The van der Waals surface area contributed by atoms with Crippen LogP contribution in [0.25, 0.3) is 0 Å². The number of carbonyl (C=O) groups is 1. The van der Waals surface area contributed by atoms with Crippen LogP contribution in [0.5, 0.6) is 0 Å². The molecule has 1 N–H and O–H groups in total. The molecule has 0 aliphatic carbocycles. The second-order valence-corrected chi connectivity index (χ2v) is 2.97. The highest BCUT2D eigenvalue weighted by Gasteiger charge is 2.11. The van der Waals surface area contributed by atoms with Crippen molar-refractivity contribution >= 4 is 11.8 Å². The molecule has 0 aromatic heterocycles. The van der Waals surface area contributed by atoms with E-state index in [1.165, 1.54) is 0 Å². The normalized spacial score (nSPS) is 16.4. The van der Waals surface area contributed by atoms with E-state index in [0.29, 0.717) is 6.42 Å². The average Bonchev–Trinajstić information content (AvgIpc) is 2.36. The lowest BCUT2D eigenvalue weighted by atomic mass is 10.2. The van der Waals surface area contributed by atoms with E-state index in [0.717, 1.165) is 25.3 Å². The average molecular weight is 170 g/mol. The molecule has 0 radical (unpaired) electrons. The Morgan fingerprint density at radius 1 is 1.75 bits per heavy atom. The van der Waals surface area contributed by atoms with Crippen molar-refractivity contribution in [3.05, 3.63) is 0 Å². The molecule has 0 saturated heterocycles. The molecule has 68 valence electrons. The first-order chi connectivity index (χ1) is 5.70. The molecule has 0 amide bonds. The lowest BCUT2D eigenvalue weighted by molar-refractivity contribution is -0.137. The van der Waals surface area contributed by atoms with Crippen molar-refractivity contribution < 1.29 is 9.90 Å². The first-order valence-corrected chi connectivity index (χ1v) is 4.16. The Morgan fingerprint density at radius 3 is 3.00 bits per heavy atom. The van der Waals surface area contributed by atoms with Gasteiger partial charge in [-0.1, -0.05) is 0 Å². The third kappa shape index (κ3) is 2.53. The van der Waals surface area contributed by atoms with Gasteiger partial charge < -0.3 is 10.0 Å². The number of carboxylic acids is 1. The van der Waals surface area contributed by atoms with E-state index >= 15 is 0 Å². The van der Waals surface area contributed by atoms with Crippen molar-refractivity contribution in [1.82, 2.24) is 4.90 Å². The van der Waals surface area contributed by atoms with E-state index < -0.39 is 5.97 Å². The molecule has 4 heteroatoms. The zero-order valence-corrected chi connectivity index (χ0v) is 7.29. The fourth-order valence-electron chi connectivity index (χ4n) is 1.25. The molecule has 0 fully saturated rings. The quantitative estimate of drug-likeness (QED) is 0.671. The van der Waals surface area contributed by atoms with Gasteiger partial charge >= 0.3 is 5.97 Å². The van der Waals surface area contributed by atoms with Gasteiger partial charge in [0.15, 0.2) is 0 Å². The van der Waals surface area contributed by atoms with Gasteiger partial charge in [0, 0.05) is 26.4 Å². The Morgan fingerprint density at radius 2 is 2.50 bits per heavy atom. The molecule has 1 aliphatic rings. The number of nitrogens with zero attached hydrogens (tertiary/aromatic N) is 2. The van der Waals surface area contributed by atoms with E-state index in [1.54, 1.807) is 0 Å². The molecule has 0 unspecified atom stereocenters. The predicted octanol–water partition coefficient (Wildman–Crippen LogP) is 0.585. The number of rotatable bonds is 4. The number of aliphatic imine (C=N–C) groups is 1. The maximum absolute atomic E-state index is 10.2. The van der Waals surface area contributed by atoms with Crippen molar-refractivity contribution in [2.75, 3.05) is 20.1 Å². The molecule has 1 heterocycles. The Hall–Kier alpha value is -1.06. The highest BCUT2D eigenvalue weighted by Crippen LogP contribution is 2.05. The molecule has 0 atom stereocenters. The summed E-state index contributed by atoms with van der Waals surface area (Å²) >= 11 is 0. The molecule has 0 aromatic rings. The van der Waals surface area contributed by atoms with Gasteiger partial charge in [-0.25, -0.2) is 0 Å². The van der Waals surface area contributed by atoms with E-state index in [1.807, 2.05) is 7.05 Å². The summed E-state index contributed by atoms with van der Waals surface area (Å²) in [6.45, 7) is 1.83. The van der Waals surface area contributed by atoms with Gasteiger partial charge in [0.05, 0.1) is 12.4 Å². The highest BCUT2D eigenvalue weighted by atomic mass is 16.4. The smallest absolute Gasteiger partial charge is 0.303 e. The van der Waals surface area contributed by atoms with Crippen molar-refractivity contribution in [2.24, 2.45) is 4.99 Å². The van der Waals surface area contributed by atoms with Gasteiger partial charge in [-0.05, 0) is 6.42 Å². The van der Waals surface area contributed by atoms with Crippen molar-refractivity contribution in [1.29, 1.82) is 0 Å². The molecule has 0 bridgehead atoms. The van der Waals surface area contributed by atoms with Gasteiger partial charge in [0.2, 0.25) is 0 Å². The Kier molecular flexibility index (Phi) is 3.08. The van der Waals surface area contributed by atoms with E-state index in [9.17, 15) is 4.79 Å². The maximum Gasteiger partial charge on any atom is 0.303 e. The first kappa shape index (κ1) is 9.03. The van der Waals surface area contributed by atoms with Crippen molar-refractivity contribution in [2.45, 2.75) is 19.3 Å². The summed E-state index contributed by atoms with van der Waals surface area (Å²) in [6, 6.07) is 0. The molecule has 0 saturated carbocycles. The van der Waals surface area contributed by atoms with Gasteiger partial charge in [-0.3, -0.25) is 9.79 Å². The molecule has 1 aliphatic heterocycles. The molecular weight excluding hydrogens is 156 g/mol. The minimum atomic E-state index is -0.726. The summed E-state index contributed by atoms with van der Waals surface area (Å²) in [7, 11) is 1.99. The fourth-order valence-corrected chi connectivity index (χ4v) is 1.25. The number of likely N-dealkylation sites (N-methyl/N-ethyl adjacent to an activating group) is 1. The van der Waals surface area contributed by atoms with Crippen LogP contribution in [-0.4, -0.2) is 41.9 Å². The fraction of sp³-hybridized carbons (Fsp3) is 0.750. The SMILES string of the molecule is CN1CCN=C1CCCC(=O)O. The molecule has 12 heavy (non-hydrogen) atoms. The monoisotopic (exact) mass is 170 g/mol. The third-order valence-corrected chi connectivity index (χ3v) is 1.96. The van der Waals surface area contributed by atoms with Crippen molar-refractivity contribution in [3.8, 4) is 0 Å². The van der Waals surface area contributed by atoms with Crippen LogP contribution >= 0.6 is 0 Å². The number of hydrogen-bond donors (Lipinski definition) is 1. The highest BCUT2D eigenvalue weighted by molar-refractivity contribution is 5.83. The van der Waals surface area contributed by atoms with Gasteiger partial charge in [0.1, 0.15) is 0 Å². The summed E-state index contributed by atoms with van der Waals surface area (Å²) in [4.78, 5) is 16.5. The topological polar surface area (TPSA) is 52.9 Å². The zero-order valence-electron chi connectivity index (χ0n) is 7.29. The predicted molar refractivity (Wildman–Crippen MR) is 46.4 cm³/mol. The second kappa shape index (κ2) is 4.09. The maximum atomic E-state index is 10.2. The number of carboxylic acid groups (broad SMARTS) is 1. The minimum Gasteiger partial charge on any atom is -0.481 e. The van der Waals surface area contributed by atoms with Crippen LogP contribution in [0, 0.1) is 0 Å². The lowest BCUT2D eigenvalue weighted by Gasteiger charge is -2.12. The van der Waals surface area contributed by atoms with Crippen LogP contribution in [0.3, 0.4) is 0 Å². The van der Waals surface area contributed by atoms with Gasteiger partial charge in [-0.15, -0.1) is 0 Å². The number of aliphatic carboxylic acids is 1. The zero-order chi connectivity index (χ0) is 8.97. The van der Waals surface area contributed by atoms with Crippen LogP contribution in [-0.2, 0) is 4.79 Å². The summed E-state index contributed by atoms with van der Waals surface area (Å²) < 4.78 is 0. The van der Waals surface area contributed by atoms with Crippen LogP contribution in [0.15, 0.2) is 4.99 Å². The summed E-state index contributed by atoms with van der Waals surface area (Å²) in [5, 5.41) is 8.40. The Labute approximate surface area is 71.9 Å². The molecular formula is C8H14N2O2. The molecule has 0 spiro atoms. The summed E-state index contributed by atoms with van der Waals surface area (Å²) in [5.74, 6) is 0.326. The second-order valence-electron chi connectivity index (χ2n) is 2.97. The summed E-state index contributed by atoms with van der Waals surface area (Å²) in [5.41, 5.74) is 0. The van der Waals surface area contributed by atoms with Crippen LogP contribution in [0.2, 0.25) is 0 Å². The lowest BCUT2D eigenvalue weighted by Crippen LogP contribution is -2.22. The standard InChI is InChI=1S/C8H14N2O2/c1-10-6-5-9-7(10)3-2-4-8(11)12/h2-6H2,1H3,(H,11,12).